The molecule has 4 aliphatic rings. The van der Waals surface area contributed by atoms with Gasteiger partial charge in [0.15, 0.2) is 11.5 Å². The molecule has 1 aromatic rings. The molecular formula is C23H33ClN2O3. The predicted octanol–water partition coefficient (Wildman–Crippen LogP) is 3.97. The second-order valence-electron chi connectivity index (χ2n) is 9.25. The number of hydrogen-bond acceptors (Lipinski definition) is 4. The first kappa shape index (κ1) is 20.8. The van der Waals surface area contributed by atoms with Crippen LogP contribution in [0.4, 0.5) is 0 Å². The van der Waals surface area contributed by atoms with Crippen LogP contribution in [-0.4, -0.2) is 37.1 Å². The molecule has 2 N–H and O–H groups in total. The van der Waals surface area contributed by atoms with Crippen molar-refractivity contribution in [1.29, 1.82) is 0 Å². The molecule has 6 heteroatoms. The smallest absolute Gasteiger partial charge is 0.226 e. The van der Waals surface area contributed by atoms with E-state index in [9.17, 15) is 4.79 Å². The van der Waals surface area contributed by atoms with Crippen molar-refractivity contribution in [2.45, 2.75) is 63.3 Å². The molecule has 1 amide bonds. The van der Waals surface area contributed by atoms with Crippen LogP contribution in [0.1, 0.15) is 69.0 Å². The molecule has 5 rings (SSSR count). The Morgan fingerprint density at radius 2 is 1.83 bits per heavy atom. The number of fused-ring (bicyclic) bond motifs is 3. The molecular weight excluding hydrogens is 388 g/mol. The molecule has 1 spiro atoms. The highest BCUT2D eigenvalue weighted by Gasteiger charge is 2.48. The van der Waals surface area contributed by atoms with E-state index in [1.807, 2.05) is 0 Å². The Kier molecular flexibility index (Phi) is 5.73. The lowest BCUT2D eigenvalue weighted by molar-refractivity contribution is -0.140. The maximum absolute atomic E-state index is 13.6. The molecule has 0 saturated heterocycles. The Labute approximate surface area is 179 Å². The molecule has 2 aliphatic carbocycles. The summed E-state index contributed by atoms with van der Waals surface area (Å²) >= 11 is 0. The Balaban J connectivity index is 0.00000205. The number of benzene rings is 1. The number of amides is 1. The van der Waals surface area contributed by atoms with Gasteiger partial charge in [-0.25, -0.2) is 0 Å². The lowest BCUT2D eigenvalue weighted by atomic mass is 9.71. The monoisotopic (exact) mass is 420 g/mol. The minimum atomic E-state index is 0. The maximum atomic E-state index is 13.6. The number of nitrogens with two attached hydrogens (primary N) is 1. The topological polar surface area (TPSA) is 64.8 Å². The maximum Gasteiger partial charge on any atom is 0.226 e. The highest BCUT2D eigenvalue weighted by atomic mass is 35.5. The third kappa shape index (κ3) is 3.31. The van der Waals surface area contributed by atoms with Gasteiger partial charge in [-0.2, -0.15) is 0 Å². The van der Waals surface area contributed by atoms with E-state index in [4.69, 9.17) is 15.2 Å². The fourth-order valence-electron chi connectivity index (χ4n) is 6.23. The Bertz CT molecular complexity index is 778. The molecule has 160 valence electrons. The SMILES string of the molecule is CC1c2cc3c(cc2C2(CCCC2)CN1C(=O)[C@@H]1CCC[C@@H]1CN)OCCO3.Cl. The van der Waals surface area contributed by atoms with Crippen LogP contribution in [0.5, 0.6) is 11.5 Å². The van der Waals surface area contributed by atoms with E-state index in [2.05, 4.69) is 24.0 Å². The summed E-state index contributed by atoms with van der Waals surface area (Å²) in [4.78, 5) is 15.8. The van der Waals surface area contributed by atoms with Crippen molar-refractivity contribution in [3.8, 4) is 11.5 Å². The van der Waals surface area contributed by atoms with Gasteiger partial charge < -0.3 is 20.1 Å². The van der Waals surface area contributed by atoms with E-state index in [-0.39, 0.29) is 29.8 Å². The third-order valence-electron chi connectivity index (χ3n) is 7.80. The van der Waals surface area contributed by atoms with Gasteiger partial charge >= 0.3 is 0 Å². The molecule has 1 aromatic carbocycles. The summed E-state index contributed by atoms with van der Waals surface area (Å²) in [7, 11) is 0. The summed E-state index contributed by atoms with van der Waals surface area (Å²) in [5, 5.41) is 0. The van der Waals surface area contributed by atoms with Crippen LogP contribution < -0.4 is 15.2 Å². The lowest BCUT2D eigenvalue weighted by Gasteiger charge is -2.47. The van der Waals surface area contributed by atoms with Crippen LogP contribution >= 0.6 is 12.4 Å². The minimum Gasteiger partial charge on any atom is -0.486 e. The van der Waals surface area contributed by atoms with E-state index in [1.54, 1.807) is 0 Å². The van der Waals surface area contributed by atoms with E-state index in [0.29, 0.717) is 31.6 Å². The van der Waals surface area contributed by atoms with E-state index >= 15 is 0 Å². The number of hydrogen-bond donors (Lipinski definition) is 1. The molecule has 2 heterocycles. The second kappa shape index (κ2) is 7.99. The highest BCUT2D eigenvalue weighted by molar-refractivity contribution is 5.85. The van der Waals surface area contributed by atoms with Gasteiger partial charge in [0.25, 0.3) is 0 Å². The van der Waals surface area contributed by atoms with Gasteiger partial charge in [-0.05, 0) is 68.3 Å². The van der Waals surface area contributed by atoms with Crippen molar-refractivity contribution in [2.75, 3.05) is 26.3 Å². The second-order valence-corrected chi connectivity index (χ2v) is 9.25. The predicted molar refractivity (Wildman–Crippen MR) is 115 cm³/mol. The van der Waals surface area contributed by atoms with Gasteiger partial charge in [-0.3, -0.25) is 4.79 Å². The molecule has 1 unspecified atom stereocenters. The summed E-state index contributed by atoms with van der Waals surface area (Å²) in [6.07, 6.45) is 7.99. The first-order valence-corrected chi connectivity index (χ1v) is 11.1. The van der Waals surface area contributed by atoms with Crippen LogP contribution in [0.25, 0.3) is 0 Å². The average Bonchev–Trinajstić information content (AvgIpc) is 3.39. The molecule has 29 heavy (non-hydrogen) atoms. The summed E-state index contributed by atoms with van der Waals surface area (Å²) in [6, 6.07) is 4.46. The number of carbonyl (C=O) groups excluding carboxylic acids is 1. The van der Waals surface area contributed by atoms with Crippen molar-refractivity contribution in [3.05, 3.63) is 23.3 Å². The fourth-order valence-corrected chi connectivity index (χ4v) is 6.23. The van der Waals surface area contributed by atoms with Crippen molar-refractivity contribution in [3.63, 3.8) is 0 Å². The first-order valence-electron chi connectivity index (χ1n) is 11.1. The standard InChI is InChI=1S/C23H32N2O3.ClH/c1-15-18-11-20-21(28-10-9-27-20)12-19(18)23(7-2-3-8-23)14-25(15)22(26)17-6-4-5-16(17)13-24;/h11-12,15-17H,2-10,13-14,24H2,1H3;1H/t15?,16-,17-;/m1./s1. The van der Waals surface area contributed by atoms with Crippen LogP contribution in [0, 0.1) is 11.8 Å². The zero-order valence-electron chi connectivity index (χ0n) is 17.3. The van der Waals surface area contributed by atoms with Crippen molar-refractivity contribution in [2.24, 2.45) is 17.6 Å². The Hall–Kier alpha value is -1.46. The largest absolute Gasteiger partial charge is 0.486 e. The van der Waals surface area contributed by atoms with Gasteiger partial charge in [0.05, 0.1) is 6.04 Å². The first-order chi connectivity index (χ1) is 13.6. The van der Waals surface area contributed by atoms with Crippen LogP contribution in [0.15, 0.2) is 12.1 Å². The molecule has 2 aliphatic heterocycles. The third-order valence-corrected chi connectivity index (χ3v) is 7.80. The zero-order valence-corrected chi connectivity index (χ0v) is 18.1. The summed E-state index contributed by atoms with van der Waals surface area (Å²) in [5.41, 5.74) is 8.72. The molecule has 0 bridgehead atoms. The Morgan fingerprint density at radius 3 is 2.52 bits per heavy atom. The minimum absolute atomic E-state index is 0. The van der Waals surface area contributed by atoms with Gasteiger partial charge in [0.2, 0.25) is 5.91 Å². The summed E-state index contributed by atoms with van der Waals surface area (Å²) in [5.74, 6) is 2.49. The Morgan fingerprint density at radius 1 is 1.14 bits per heavy atom. The van der Waals surface area contributed by atoms with Crippen molar-refractivity contribution in [1.82, 2.24) is 4.90 Å². The fraction of sp³-hybridized carbons (Fsp3) is 0.696. The van der Waals surface area contributed by atoms with Crippen LogP contribution in [0.3, 0.4) is 0 Å². The highest BCUT2D eigenvalue weighted by Crippen LogP contribution is 2.52. The molecule has 0 aromatic heterocycles. The zero-order chi connectivity index (χ0) is 19.3. The quantitative estimate of drug-likeness (QED) is 0.786. The average molecular weight is 421 g/mol. The lowest BCUT2D eigenvalue weighted by Crippen LogP contribution is -2.51. The van der Waals surface area contributed by atoms with Crippen LogP contribution in [0.2, 0.25) is 0 Å². The summed E-state index contributed by atoms with van der Waals surface area (Å²) in [6.45, 7) is 4.85. The molecule has 3 atom stereocenters. The van der Waals surface area contributed by atoms with E-state index in [0.717, 1.165) is 50.1 Å². The number of ether oxygens (including phenoxy) is 2. The van der Waals surface area contributed by atoms with Crippen LogP contribution in [-0.2, 0) is 10.2 Å². The molecule has 5 nitrogen and oxygen atoms in total. The normalized spacial score (nSPS) is 29.4. The molecule has 0 radical (unpaired) electrons. The van der Waals surface area contributed by atoms with Gasteiger partial charge in [0, 0.05) is 17.9 Å². The van der Waals surface area contributed by atoms with Gasteiger partial charge in [-0.15, -0.1) is 12.4 Å². The number of nitrogens with zero attached hydrogens (tertiary/aromatic N) is 1. The van der Waals surface area contributed by atoms with E-state index in [1.165, 1.54) is 24.0 Å². The molecule has 2 saturated carbocycles. The van der Waals surface area contributed by atoms with E-state index < -0.39 is 0 Å². The van der Waals surface area contributed by atoms with Crippen molar-refractivity contribution >= 4 is 18.3 Å². The van der Waals surface area contributed by atoms with Gasteiger partial charge in [0.1, 0.15) is 13.2 Å². The van der Waals surface area contributed by atoms with Crippen molar-refractivity contribution < 1.29 is 14.3 Å². The number of rotatable bonds is 2. The molecule has 2 fully saturated rings. The van der Waals surface area contributed by atoms with Gasteiger partial charge in [-0.1, -0.05) is 19.3 Å². The number of halogens is 1. The number of carbonyl (C=O) groups is 1. The summed E-state index contributed by atoms with van der Waals surface area (Å²) < 4.78 is 11.8.